The van der Waals surface area contributed by atoms with E-state index in [0.29, 0.717) is 18.9 Å². The zero-order valence-corrected chi connectivity index (χ0v) is 17.7. The van der Waals surface area contributed by atoms with Crippen LogP contribution in [0.25, 0.3) is 0 Å². The highest BCUT2D eigenvalue weighted by atomic mass is 127. The molecule has 25 heavy (non-hydrogen) atoms. The van der Waals surface area contributed by atoms with Gasteiger partial charge in [0, 0.05) is 45.1 Å². The van der Waals surface area contributed by atoms with Crippen molar-refractivity contribution in [3.05, 3.63) is 35.9 Å². The zero-order valence-electron chi connectivity index (χ0n) is 15.3. The van der Waals surface area contributed by atoms with Crippen LogP contribution in [0.2, 0.25) is 0 Å². The van der Waals surface area contributed by atoms with Crippen LogP contribution < -0.4 is 10.6 Å². The molecule has 0 bridgehead atoms. The Balaban J connectivity index is 0.00000312. The minimum Gasteiger partial charge on any atom is -0.357 e. The van der Waals surface area contributed by atoms with Crippen molar-refractivity contribution in [2.24, 2.45) is 4.99 Å². The number of rotatable bonds is 7. The molecule has 0 radical (unpaired) electrons. The number of halogens is 1. The third-order valence-electron chi connectivity index (χ3n) is 4.33. The molecule has 1 saturated heterocycles. The van der Waals surface area contributed by atoms with Gasteiger partial charge in [-0.05, 0) is 25.3 Å². The Kier molecular flexibility index (Phi) is 10.5. The highest BCUT2D eigenvalue weighted by Crippen LogP contribution is 2.14. The second kappa shape index (κ2) is 12.1. The summed E-state index contributed by atoms with van der Waals surface area (Å²) in [6.07, 6.45) is 2.81. The summed E-state index contributed by atoms with van der Waals surface area (Å²) in [5.41, 5.74) is 1.29. The monoisotopic (exact) mass is 458 g/mol. The van der Waals surface area contributed by atoms with Crippen LogP contribution in [0.5, 0.6) is 0 Å². The first-order chi connectivity index (χ1) is 11.7. The summed E-state index contributed by atoms with van der Waals surface area (Å²) in [5.74, 6) is 1.40. The average molecular weight is 458 g/mol. The molecule has 1 aliphatic rings. The number of likely N-dealkylation sites (tertiary alicyclic amines) is 1. The molecule has 1 amide bonds. The van der Waals surface area contributed by atoms with E-state index >= 15 is 0 Å². The molecule has 0 saturated carbocycles. The SMILES string of the molecule is CCNC(=NCC(C)c1ccccc1)NCCC(=O)N1CCCC1.I. The fourth-order valence-electron chi connectivity index (χ4n) is 2.87. The van der Waals surface area contributed by atoms with Crippen molar-refractivity contribution in [1.29, 1.82) is 0 Å². The van der Waals surface area contributed by atoms with Crippen molar-refractivity contribution in [3.63, 3.8) is 0 Å². The molecular formula is C19H31IN4O. The highest BCUT2D eigenvalue weighted by molar-refractivity contribution is 14.0. The minimum absolute atomic E-state index is 0. The molecule has 140 valence electrons. The molecule has 1 heterocycles. The van der Waals surface area contributed by atoms with Crippen LogP contribution in [-0.2, 0) is 4.79 Å². The number of guanidine groups is 1. The number of carbonyl (C=O) groups is 1. The number of amides is 1. The van der Waals surface area contributed by atoms with Crippen LogP contribution in [-0.4, -0.2) is 49.5 Å². The van der Waals surface area contributed by atoms with E-state index < -0.39 is 0 Å². The van der Waals surface area contributed by atoms with Crippen LogP contribution in [0.4, 0.5) is 0 Å². The Morgan fingerprint density at radius 2 is 1.88 bits per heavy atom. The summed E-state index contributed by atoms with van der Waals surface area (Å²) < 4.78 is 0. The van der Waals surface area contributed by atoms with Crippen molar-refractivity contribution in [3.8, 4) is 0 Å². The molecule has 1 aromatic carbocycles. The van der Waals surface area contributed by atoms with Gasteiger partial charge in [0.1, 0.15) is 0 Å². The first kappa shape index (κ1) is 21.7. The summed E-state index contributed by atoms with van der Waals surface area (Å²) in [6, 6.07) is 10.4. The quantitative estimate of drug-likeness (QED) is 0.375. The van der Waals surface area contributed by atoms with Crippen molar-refractivity contribution < 1.29 is 4.79 Å². The van der Waals surface area contributed by atoms with Gasteiger partial charge in [0.15, 0.2) is 5.96 Å². The van der Waals surface area contributed by atoms with Gasteiger partial charge in [0.25, 0.3) is 0 Å². The fraction of sp³-hybridized carbons (Fsp3) is 0.579. The minimum atomic E-state index is 0. The standard InChI is InChI=1S/C19H30N4O.HI/c1-3-20-19(21-12-11-18(24)23-13-7-8-14-23)22-15-16(2)17-9-5-4-6-10-17;/h4-6,9-10,16H,3,7-8,11-15H2,1-2H3,(H2,20,21,22);1H. The number of hydrogen-bond acceptors (Lipinski definition) is 2. The second-order valence-corrected chi connectivity index (χ2v) is 6.30. The number of hydrogen-bond donors (Lipinski definition) is 2. The van der Waals surface area contributed by atoms with E-state index in [2.05, 4.69) is 46.8 Å². The largest absolute Gasteiger partial charge is 0.357 e. The van der Waals surface area contributed by atoms with E-state index in [4.69, 9.17) is 0 Å². The Bertz CT molecular complexity index is 529. The van der Waals surface area contributed by atoms with E-state index in [0.717, 1.165) is 45.0 Å². The van der Waals surface area contributed by atoms with Gasteiger partial charge in [-0.3, -0.25) is 9.79 Å². The lowest BCUT2D eigenvalue weighted by molar-refractivity contribution is -0.129. The maximum Gasteiger partial charge on any atom is 0.224 e. The lowest BCUT2D eigenvalue weighted by atomic mass is 10.0. The molecule has 5 nitrogen and oxygen atoms in total. The second-order valence-electron chi connectivity index (χ2n) is 6.30. The van der Waals surface area contributed by atoms with Crippen LogP contribution in [0.1, 0.15) is 44.6 Å². The van der Waals surface area contributed by atoms with Gasteiger partial charge < -0.3 is 15.5 Å². The van der Waals surface area contributed by atoms with Crippen LogP contribution >= 0.6 is 24.0 Å². The molecule has 0 aromatic heterocycles. The third-order valence-corrected chi connectivity index (χ3v) is 4.33. The van der Waals surface area contributed by atoms with Gasteiger partial charge in [0.05, 0.1) is 0 Å². The lowest BCUT2D eigenvalue weighted by Gasteiger charge is -2.17. The zero-order chi connectivity index (χ0) is 17.2. The summed E-state index contributed by atoms with van der Waals surface area (Å²) >= 11 is 0. The summed E-state index contributed by atoms with van der Waals surface area (Å²) in [7, 11) is 0. The van der Waals surface area contributed by atoms with Crippen molar-refractivity contribution in [2.45, 2.75) is 39.0 Å². The topological polar surface area (TPSA) is 56.7 Å². The first-order valence-corrected chi connectivity index (χ1v) is 9.05. The number of benzene rings is 1. The van der Waals surface area contributed by atoms with Crippen LogP contribution in [0.15, 0.2) is 35.3 Å². The number of aliphatic imine (C=N–C) groups is 1. The van der Waals surface area contributed by atoms with Crippen LogP contribution in [0, 0.1) is 0 Å². The maximum atomic E-state index is 12.1. The highest BCUT2D eigenvalue weighted by Gasteiger charge is 2.17. The predicted octanol–water partition coefficient (Wildman–Crippen LogP) is 2.98. The van der Waals surface area contributed by atoms with E-state index in [1.165, 1.54) is 5.56 Å². The molecule has 1 aromatic rings. The van der Waals surface area contributed by atoms with Gasteiger partial charge in [-0.2, -0.15) is 0 Å². The van der Waals surface area contributed by atoms with Crippen molar-refractivity contribution in [1.82, 2.24) is 15.5 Å². The number of nitrogens with one attached hydrogen (secondary N) is 2. The van der Waals surface area contributed by atoms with E-state index in [-0.39, 0.29) is 29.9 Å². The molecule has 2 rings (SSSR count). The Morgan fingerprint density at radius 3 is 2.52 bits per heavy atom. The van der Waals surface area contributed by atoms with E-state index in [1.807, 2.05) is 17.9 Å². The van der Waals surface area contributed by atoms with Gasteiger partial charge >= 0.3 is 0 Å². The normalized spacial score (nSPS) is 15.4. The molecule has 2 N–H and O–H groups in total. The Morgan fingerprint density at radius 1 is 1.20 bits per heavy atom. The molecule has 1 aliphatic heterocycles. The van der Waals surface area contributed by atoms with Gasteiger partial charge in [-0.1, -0.05) is 37.3 Å². The molecular weight excluding hydrogens is 427 g/mol. The van der Waals surface area contributed by atoms with Crippen molar-refractivity contribution >= 4 is 35.8 Å². The Hall–Kier alpha value is -1.31. The van der Waals surface area contributed by atoms with Crippen molar-refractivity contribution in [2.75, 3.05) is 32.7 Å². The predicted molar refractivity (Wildman–Crippen MR) is 115 cm³/mol. The molecule has 6 heteroatoms. The molecule has 1 unspecified atom stereocenters. The molecule has 1 fully saturated rings. The number of nitrogens with zero attached hydrogens (tertiary/aromatic N) is 2. The average Bonchev–Trinajstić information content (AvgIpc) is 3.14. The molecule has 1 atom stereocenters. The molecule has 0 aliphatic carbocycles. The van der Waals surface area contributed by atoms with E-state index in [1.54, 1.807) is 0 Å². The fourth-order valence-corrected chi connectivity index (χ4v) is 2.87. The summed E-state index contributed by atoms with van der Waals surface area (Å²) in [4.78, 5) is 18.7. The van der Waals surface area contributed by atoms with Gasteiger partial charge in [-0.25, -0.2) is 0 Å². The van der Waals surface area contributed by atoms with Gasteiger partial charge in [-0.15, -0.1) is 24.0 Å². The summed E-state index contributed by atoms with van der Waals surface area (Å²) in [5, 5.41) is 6.52. The first-order valence-electron chi connectivity index (χ1n) is 9.05. The lowest BCUT2D eigenvalue weighted by Crippen LogP contribution is -2.40. The maximum absolute atomic E-state index is 12.1. The third kappa shape index (κ3) is 7.63. The number of carbonyl (C=O) groups excluding carboxylic acids is 1. The van der Waals surface area contributed by atoms with Gasteiger partial charge in [0.2, 0.25) is 5.91 Å². The summed E-state index contributed by atoms with van der Waals surface area (Å²) in [6.45, 7) is 8.22. The molecule has 0 spiro atoms. The van der Waals surface area contributed by atoms with Crippen LogP contribution in [0.3, 0.4) is 0 Å². The Labute approximate surface area is 168 Å². The van der Waals surface area contributed by atoms with E-state index in [9.17, 15) is 4.79 Å². The smallest absolute Gasteiger partial charge is 0.224 e.